The lowest BCUT2D eigenvalue weighted by Gasteiger charge is -2.13. The monoisotopic (exact) mass is 359 g/mol. The SMILES string of the molecule is O=[S+]Cc1cccc(-c2ccc(Cl)cc2)c1-c1ccc(Cl)cc1. The summed E-state index contributed by atoms with van der Waals surface area (Å²) in [7, 11) is 0. The fourth-order valence-corrected chi connectivity index (χ4v) is 3.23. The van der Waals surface area contributed by atoms with E-state index >= 15 is 0 Å². The highest BCUT2D eigenvalue weighted by atomic mass is 35.5. The van der Waals surface area contributed by atoms with E-state index in [1.54, 1.807) is 0 Å². The van der Waals surface area contributed by atoms with Crippen molar-refractivity contribution in [3.05, 3.63) is 82.3 Å². The Balaban J connectivity index is 2.23. The van der Waals surface area contributed by atoms with E-state index in [4.69, 9.17) is 23.2 Å². The predicted octanol–water partition coefficient (Wildman–Crippen LogP) is 6.26. The van der Waals surface area contributed by atoms with E-state index in [1.165, 1.54) is 0 Å². The average molecular weight is 360 g/mol. The number of hydrogen-bond acceptors (Lipinski definition) is 1. The molecule has 4 heteroatoms. The predicted molar refractivity (Wildman–Crippen MR) is 99.1 cm³/mol. The minimum absolute atomic E-state index is 0.416. The van der Waals surface area contributed by atoms with Crippen LogP contribution >= 0.6 is 23.2 Å². The Morgan fingerprint density at radius 2 is 1.30 bits per heavy atom. The Morgan fingerprint density at radius 1 is 0.739 bits per heavy atom. The first-order chi connectivity index (χ1) is 11.2. The highest BCUT2D eigenvalue weighted by Gasteiger charge is 2.16. The number of halogens is 2. The Hall–Kier alpha value is -1.74. The van der Waals surface area contributed by atoms with E-state index in [2.05, 4.69) is 6.07 Å². The van der Waals surface area contributed by atoms with Gasteiger partial charge in [-0.1, -0.05) is 65.7 Å². The van der Waals surface area contributed by atoms with Crippen LogP contribution in [0, 0.1) is 0 Å². The molecule has 0 amide bonds. The molecule has 3 rings (SSSR count). The molecule has 1 nitrogen and oxygen atoms in total. The van der Waals surface area contributed by atoms with Gasteiger partial charge in [-0.25, -0.2) is 0 Å². The van der Waals surface area contributed by atoms with Crippen LogP contribution in [0.1, 0.15) is 5.56 Å². The summed E-state index contributed by atoms with van der Waals surface area (Å²) in [6, 6.07) is 21.5. The molecular weight excluding hydrogens is 347 g/mol. The van der Waals surface area contributed by atoms with Crippen LogP contribution in [0.2, 0.25) is 10.0 Å². The fourth-order valence-electron chi connectivity index (χ4n) is 2.61. The molecule has 3 aromatic carbocycles. The molecule has 23 heavy (non-hydrogen) atoms. The molecule has 0 saturated carbocycles. The van der Waals surface area contributed by atoms with Gasteiger partial charge in [-0.15, -0.1) is 0 Å². The zero-order valence-electron chi connectivity index (χ0n) is 12.1. The van der Waals surface area contributed by atoms with Crippen molar-refractivity contribution in [2.75, 3.05) is 0 Å². The van der Waals surface area contributed by atoms with E-state index in [-0.39, 0.29) is 0 Å². The molecule has 0 unspecified atom stereocenters. The lowest BCUT2D eigenvalue weighted by molar-refractivity contribution is 0.604. The average Bonchev–Trinajstić information content (AvgIpc) is 2.57. The lowest BCUT2D eigenvalue weighted by atomic mass is 9.91. The summed E-state index contributed by atoms with van der Waals surface area (Å²) < 4.78 is 11.1. The first kappa shape index (κ1) is 16.1. The molecule has 0 fully saturated rings. The Kier molecular flexibility index (Phi) is 5.06. The molecule has 0 atom stereocenters. The third kappa shape index (κ3) is 3.61. The van der Waals surface area contributed by atoms with E-state index in [0.29, 0.717) is 27.5 Å². The molecule has 0 aliphatic carbocycles. The zero-order valence-corrected chi connectivity index (χ0v) is 14.5. The number of rotatable bonds is 4. The van der Waals surface area contributed by atoms with Gasteiger partial charge in [-0.2, -0.15) is 0 Å². The van der Waals surface area contributed by atoms with Crippen LogP contribution in [0.5, 0.6) is 0 Å². The lowest BCUT2D eigenvalue weighted by Crippen LogP contribution is -1.93. The Bertz CT molecular complexity index is 827. The molecule has 114 valence electrons. The summed E-state index contributed by atoms with van der Waals surface area (Å²) in [5.74, 6) is 0.416. The van der Waals surface area contributed by atoms with Crippen LogP contribution in [0.3, 0.4) is 0 Å². The fraction of sp³-hybridized carbons (Fsp3) is 0.0526. The minimum Gasteiger partial charge on any atom is -0.0843 e. The Morgan fingerprint density at radius 3 is 1.87 bits per heavy atom. The molecule has 0 aliphatic heterocycles. The van der Waals surface area contributed by atoms with Gasteiger partial charge in [-0.05, 0) is 46.5 Å². The molecule has 3 aromatic rings. The molecule has 0 heterocycles. The van der Waals surface area contributed by atoms with Crippen molar-refractivity contribution in [2.45, 2.75) is 5.75 Å². The van der Waals surface area contributed by atoms with Gasteiger partial charge in [0.2, 0.25) is 0 Å². The summed E-state index contributed by atoms with van der Waals surface area (Å²) in [4.78, 5) is 0. The third-order valence-corrected chi connectivity index (χ3v) is 4.59. The Labute approximate surface area is 149 Å². The minimum atomic E-state index is 0.416. The van der Waals surface area contributed by atoms with Gasteiger partial charge in [0.05, 0.1) is 0 Å². The van der Waals surface area contributed by atoms with Gasteiger partial charge >= 0.3 is 11.7 Å². The zero-order chi connectivity index (χ0) is 16.2. The summed E-state index contributed by atoms with van der Waals surface area (Å²) in [5.41, 5.74) is 5.27. The van der Waals surface area contributed by atoms with Crippen molar-refractivity contribution >= 4 is 34.9 Å². The summed E-state index contributed by atoms with van der Waals surface area (Å²) >= 11 is 12.6. The van der Waals surface area contributed by atoms with Crippen LogP contribution < -0.4 is 0 Å². The van der Waals surface area contributed by atoms with E-state index in [0.717, 1.165) is 27.8 Å². The van der Waals surface area contributed by atoms with Crippen molar-refractivity contribution in [1.29, 1.82) is 0 Å². The second-order valence-electron chi connectivity index (χ2n) is 5.12. The highest BCUT2D eigenvalue weighted by molar-refractivity contribution is 7.64. The van der Waals surface area contributed by atoms with Gasteiger partial charge in [0.15, 0.2) is 0 Å². The second-order valence-corrected chi connectivity index (χ2v) is 6.51. The van der Waals surface area contributed by atoms with Crippen LogP contribution in [0.4, 0.5) is 0 Å². The quantitative estimate of drug-likeness (QED) is 0.502. The summed E-state index contributed by atoms with van der Waals surface area (Å²) in [6.07, 6.45) is 0. The van der Waals surface area contributed by atoms with Crippen LogP contribution in [-0.2, 0) is 21.6 Å². The first-order valence-electron chi connectivity index (χ1n) is 7.07. The van der Waals surface area contributed by atoms with Crippen molar-refractivity contribution in [3.8, 4) is 22.3 Å². The molecule has 0 saturated heterocycles. The molecule has 0 bridgehead atoms. The normalized spacial score (nSPS) is 10.5. The van der Waals surface area contributed by atoms with Crippen molar-refractivity contribution < 1.29 is 4.21 Å². The van der Waals surface area contributed by atoms with Crippen LogP contribution in [0.15, 0.2) is 66.7 Å². The highest BCUT2D eigenvalue weighted by Crippen LogP contribution is 2.36. The van der Waals surface area contributed by atoms with Crippen molar-refractivity contribution in [1.82, 2.24) is 0 Å². The molecule has 0 radical (unpaired) electrons. The first-order valence-corrected chi connectivity index (χ1v) is 8.74. The third-order valence-electron chi connectivity index (χ3n) is 3.65. The van der Waals surface area contributed by atoms with Crippen LogP contribution in [-0.4, -0.2) is 0 Å². The largest absolute Gasteiger partial charge is 0.463 e. The van der Waals surface area contributed by atoms with E-state index in [1.807, 2.05) is 60.7 Å². The molecular formula is C19H13Cl2OS+. The molecule has 0 N–H and O–H groups in total. The van der Waals surface area contributed by atoms with E-state index < -0.39 is 0 Å². The maximum Gasteiger partial charge on any atom is 0.463 e. The molecule has 0 aromatic heterocycles. The van der Waals surface area contributed by atoms with Crippen molar-refractivity contribution in [3.63, 3.8) is 0 Å². The topological polar surface area (TPSA) is 17.1 Å². The molecule has 0 spiro atoms. The van der Waals surface area contributed by atoms with Gasteiger partial charge in [0, 0.05) is 19.8 Å². The smallest absolute Gasteiger partial charge is 0.0843 e. The maximum atomic E-state index is 11.1. The summed E-state index contributed by atoms with van der Waals surface area (Å²) in [6.45, 7) is 0. The van der Waals surface area contributed by atoms with Gasteiger partial charge in [0.25, 0.3) is 5.75 Å². The van der Waals surface area contributed by atoms with Gasteiger partial charge < -0.3 is 0 Å². The van der Waals surface area contributed by atoms with Gasteiger partial charge in [0.1, 0.15) is 0 Å². The standard InChI is InChI=1S/C19H13Cl2OS/c20-16-8-4-13(5-9-16)18-3-1-2-15(12-23-22)19(18)14-6-10-17(21)11-7-14/h1-11H,12H2/q+1. The van der Waals surface area contributed by atoms with Crippen LogP contribution in [0.25, 0.3) is 22.3 Å². The van der Waals surface area contributed by atoms with Gasteiger partial charge in [-0.3, -0.25) is 0 Å². The number of hydrogen-bond donors (Lipinski definition) is 0. The maximum absolute atomic E-state index is 11.1. The van der Waals surface area contributed by atoms with Crippen molar-refractivity contribution in [2.24, 2.45) is 0 Å². The van der Waals surface area contributed by atoms with E-state index in [9.17, 15) is 4.21 Å². The number of benzene rings is 3. The molecule has 0 aliphatic rings. The second kappa shape index (κ2) is 7.22. The summed E-state index contributed by atoms with van der Waals surface area (Å²) in [5, 5.41) is 1.39.